The predicted molar refractivity (Wildman–Crippen MR) is 71.6 cm³/mol. The van der Waals surface area contributed by atoms with Gasteiger partial charge in [-0.25, -0.2) is 0 Å². The normalized spacial score (nSPS) is 13.7. The number of carbonyl (C=O) groups is 2. The van der Waals surface area contributed by atoms with Gasteiger partial charge in [0.2, 0.25) is 5.91 Å². The molecule has 0 aliphatic heterocycles. The van der Waals surface area contributed by atoms with E-state index in [-0.39, 0.29) is 0 Å². The third-order valence-corrected chi connectivity index (χ3v) is 3.83. The van der Waals surface area contributed by atoms with E-state index in [0.29, 0.717) is 12.2 Å². The average molecular weight is 267 g/mol. The number of rotatable bonds is 6. The van der Waals surface area contributed by atoms with E-state index >= 15 is 0 Å². The molecule has 98 valence electrons. The lowest BCUT2D eigenvalue weighted by molar-refractivity contribution is -0.154. The van der Waals surface area contributed by atoms with Crippen molar-refractivity contribution in [2.24, 2.45) is 5.41 Å². The van der Waals surface area contributed by atoms with E-state index in [2.05, 4.69) is 5.32 Å². The van der Waals surface area contributed by atoms with Crippen molar-refractivity contribution < 1.29 is 14.7 Å². The maximum atomic E-state index is 11.6. The van der Waals surface area contributed by atoms with Crippen molar-refractivity contribution in [2.75, 3.05) is 12.8 Å². The van der Waals surface area contributed by atoms with Gasteiger partial charge in [-0.15, -0.1) is 11.8 Å². The van der Waals surface area contributed by atoms with Crippen LogP contribution in [0.25, 0.3) is 0 Å². The van der Waals surface area contributed by atoms with Crippen LogP contribution in [0.15, 0.2) is 35.2 Å². The quantitative estimate of drug-likeness (QED) is 0.611. The van der Waals surface area contributed by atoms with E-state index in [1.807, 2.05) is 30.3 Å². The zero-order valence-corrected chi connectivity index (χ0v) is 11.3. The van der Waals surface area contributed by atoms with E-state index < -0.39 is 17.3 Å². The molecular weight excluding hydrogens is 250 g/mol. The molecule has 1 atom stereocenters. The molecule has 0 fully saturated rings. The average Bonchev–Trinajstić information content (AvgIpc) is 2.38. The molecule has 0 spiro atoms. The summed E-state index contributed by atoms with van der Waals surface area (Å²) in [7, 11) is 1.45. The van der Waals surface area contributed by atoms with Gasteiger partial charge in [-0.2, -0.15) is 0 Å². The number of carboxylic acid groups (broad SMARTS) is 1. The van der Waals surface area contributed by atoms with Crippen LogP contribution in [0, 0.1) is 5.41 Å². The van der Waals surface area contributed by atoms with Crippen LogP contribution in [-0.2, 0) is 9.59 Å². The minimum atomic E-state index is -1.36. The maximum Gasteiger partial charge on any atom is 0.318 e. The molecule has 0 bridgehead atoms. The molecule has 0 aliphatic carbocycles. The summed E-state index contributed by atoms with van der Waals surface area (Å²) in [5, 5.41) is 11.6. The highest BCUT2D eigenvalue weighted by Gasteiger charge is 2.40. The van der Waals surface area contributed by atoms with Crippen molar-refractivity contribution in [3.63, 3.8) is 0 Å². The second-order valence-corrected chi connectivity index (χ2v) is 5.30. The zero-order valence-electron chi connectivity index (χ0n) is 10.5. The molecule has 1 unspecified atom stereocenters. The number of amides is 1. The Kier molecular flexibility index (Phi) is 5.22. The highest BCUT2D eigenvalue weighted by atomic mass is 32.2. The Morgan fingerprint density at radius 3 is 2.44 bits per heavy atom. The Balaban J connectivity index is 2.59. The number of aliphatic carboxylic acids is 1. The van der Waals surface area contributed by atoms with E-state index in [1.165, 1.54) is 14.0 Å². The first kappa shape index (κ1) is 14.6. The number of thioether (sulfide) groups is 1. The number of hydrogen-bond donors (Lipinski definition) is 2. The molecule has 1 aromatic carbocycles. The van der Waals surface area contributed by atoms with Crippen molar-refractivity contribution in [1.82, 2.24) is 5.32 Å². The SMILES string of the molecule is CNC(=O)C(C)(CCSc1ccccc1)C(=O)O. The molecule has 4 nitrogen and oxygen atoms in total. The second-order valence-electron chi connectivity index (χ2n) is 4.13. The lowest BCUT2D eigenvalue weighted by Gasteiger charge is -2.22. The van der Waals surface area contributed by atoms with Crippen LogP contribution in [0.1, 0.15) is 13.3 Å². The van der Waals surface area contributed by atoms with Crippen LogP contribution < -0.4 is 5.32 Å². The van der Waals surface area contributed by atoms with Gasteiger partial charge in [0, 0.05) is 11.9 Å². The van der Waals surface area contributed by atoms with E-state index in [4.69, 9.17) is 5.11 Å². The number of carboxylic acids is 1. The number of benzene rings is 1. The fraction of sp³-hybridized carbons (Fsp3) is 0.385. The Morgan fingerprint density at radius 1 is 1.33 bits per heavy atom. The molecule has 0 aromatic heterocycles. The minimum absolute atomic E-state index is 0.293. The Hall–Kier alpha value is -1.49. The van der Waals surface area contributed by atoms with E-state index in [0.717, 1.165) is 4.90 Å². The smallest absolute Gasteiger partial charge is 0.318 e. The number of carbonyl (C=O) groups excluding carboxylic acids is 1. The van der Waals surface area contributed by atoms with Crippen LogP contribution in [0.3, 0.4) is 0 Å². The molecule has 0 saturated heterocycles. The summed E-state index contributed by atoms with van der Waals surface area (Å²) in [5.41, 5.74) is -1.36. The van der Waals surface area contributed by atoms with Crippen LogP contribution in [0.4, 0.5) is 0 Å². The number of hydrogen-bond acceptors (Lipinski definition) is 3. The van der Waals surface area contributed by atoms with E-state index in [1.54, 1.807) is 11.8 Å². The van der Waals surface area contributed by atoms with Gasteiger partial charge >= 0.3 is 5.97 Å². The number of nitrogens with one attached hydrogen (secondary N) is 1. The highest BCUT2D eigenvalue weighted by molar-refractivity contribution is 7.99. The molecule has 0 heterocycles. The molecule has 1 aromatic rings. The summed E-state index contributed by atoms with van der Waals surface area (Å²) in [6, 6.07) is 9.70. The third-order valence-electron chi connectivity index (χ3n) is 2.81. The van der Waals surface area contributed by atoms with Crippen LogP contribution in [0.2, 0.25) is 0 Å². The molecule has 0 aliphatic rings. The van der Waals surface area contributed by atoms with Gasteiger partial charge < -0.3 is 10.4 Å². The molecule has 18 heavy (non-hydrogen) atoms. The third kappa shape index (κ3) is 3.50. The van der Waals surface area contributed by atoms with Crippen LogP contribution >= 0.6 is 11.8 Å². The molecular formula is C13H17NO3S. The summed E-state index contributed by atoms with van der Waals surface area (Å²) in [4.78, 5) is 23.9. The maximum absolute atomic E-state index is 11.6. The van der Waals surface area contributed by atoms with Gasteiger partial charge in [0.15, 0.2) is 0 Å². The molecule has 5 heteroatoms. The lowest BCUT2D eigenvalue weighted by Crippen LogP contribution is -2.43. The van der Waals surface area contributed by atoms with Gasteiger partial charge in [0.25, 0.3) is 0 Å². The summed E-state index contributed by atoms with van der Waals surface area (Å²) in [5.74, 6) is -0.959. The van der Waals surface area contributed by atoms with Gasteiger partial charge in [0.05, 0.1) is 0 Å². The van der Waals surface area contributed by atoms with Gasteiger partial charge in [0.1, 0.15) is 5.41 Å². The zero-order chi connectivity index (χ0) is 13.6. The molecule has 0 radical (unpaired) electrons. The van der Waals surface area contributed by atoms with Crippen molar-refractivity contribution in [2.45, 2.75) is 18.2 Å². The molecule has 1 amide bonds. The Morgan fingerprint density at radius 2 is 1.94 bits per heavy atom. The topological polar surface area (TPSA) is 66.4 Å². The van der Waals surface area contributed by atoms with Crippen LogP contribution in [-0.4, -0.2) is 29.8 Å². The van der Waals surface area contributed by atoms with Crippen LogP contribution in [0.5, 0.6) is 0 Å². The fourth-order valence-corrected chi connectivity index (χ4v) is 2.58. The Labute approximate surface area is 111 Å². The fourth-order valence-electron chi connectivity index (χ4n) is 1.48. The van der Waals surface area contributed by atoms with Gasteiger partial charge in [-0.05, 0) is 31.2 Å². The standard InChI is InChI=1S/C13H17NO3S/c1-13(12(16)17,11(15)14-2)8-9-18-10-6-4-3-5-7-10/h3-7H,8-9H2,1-2H3,(H,14,15)(H,16,17). The Bertz CT molecular complexity index is 422. The summed E-state index contributed by atoms with van der Waals surface area (Å²) in [6.45, 7) is 1.46. The molecule has 1 rings (SSSR count). The van der Waals surface area contributed by atoms with Gasteiger partial charge in [-0.3, -0.25) is 9.59 Å². The van der Waals surface area contributed by atoms with E-state index in [9.17, 15) is 9.59 Å². The first-order valence-electron chi connectivity index (χ1n) is 5.64. The second kappa shape index (κ2) is 6.44. The predicted octanol–water partition coefficient (Wildman–Crippen LogP) is 2.01. The first-order chi connectivity index (χ1) is 8.50. The van der Waals surface area contributed by atoms with Gasteiger partial charge in [-0.1, -0.05) is 18.2 Å². The monoisotopic (exact) mass is 267 g/mol. The summed E-state index contributed by atoms with van der Waals surface area (Å²) >= 11 is 1.55. The summed E-state index contributed by atoms with van der Waals surface area (Å²) in [6.07, 6.45) is 0.293. The van der Waals surface area contributed by atoms with Crippen molar-refractivity contribution in [3.05, 3.63) is 30.3 Å². The lowest BCUT2D eigenvalue weighted by atomic mass is 9.87. The minimum Gasteiger partial charge on any atom is -0.480 e. The largest absolute Gasteiger partial charge is 0.480 e. The molecule has 2 N–H and O–H groups in total. The highest BCUT2D eigenvalue weighted by Crippen LogP contribution is 2.27. The first-order valence-corrected chi connectivity index (χ1v) is 6.62. The van der Waals surface area contributed by atoms with Crippen molar-refractivity contribution in [1.29, 1.82) is 0 Å². The summed E-state index contributed by atoms with van der Waals surface area (Å²) < 4.78 is 0. The molecule has 0 saturated carbocycles. The van der Waals surface area contributed by atoms with Crippen molar-refractivity contribution in [3.8, 4) is 0 Å². The van der Waals surface area contributed by atoms with Crippen molar-refractivity contribution >= 4 is 23.6 Å².